The molecular weight excluding hydrogens is 214 g/mol. The van der Waals surface area contributed by atoms with Gasteiger partial charge in [0.2, 0.25) is 15.8 Å². The van der Waals surface area contributed by atoms with Crippen LogP contribution in [-0.2, 0) is 15.1 Å². The molecular formula is C10H14NO3S. The molecule has 83 valence electrons. The summed E-state index contributed by atoms with van der Waals surface area (Å²) in [5.41, 5.74) is 0.119. The minimum atomic E-state index is -3.37. The third-order valence-corrected chi connectivity index (χ3v) is 3.28. The molecule has 0 aliphatic carbocycles. The maximum absolute atomic E-state index is 11.5. The van der Waals surface area contributed by atoms with Crippen LogP contribution in [0.15, 0.2) is 24.3 Å². The van der Waals surface area contributed by atoms with Crippen molar-refractivity contribution in [2.45, 2.75) is 19.8 Å². The third kappa shape index (κ3) is 3.79. The summed E-state index contributed by atoms with van der Waals surface area (Å²) >= 11 is 0. The smallest absolute Gasteiger partial charge is 0.232 e. The Morgan fingerprint density at radius 2 is 1.93 bits per heavy atom. The van der Waals surface area contributed by atoms with Crippen molar-refractivity contribution < 1.29 is 13.5 Å². The Kier molecular flexibility index (Phi) is 3.96. The average Bonchev–Trinajstić information content (AvgIpc) is 2.18. The van der Waals surface area contributed by atoms with E-state index < -0.39 is 10.0 Å². The topological polar surface area (TPSA) is 66.1 Å². The fourth-order valence-electron chi connectivity index (χ4n) is 1.10. The molecule has 1 aromatic carbocycles. The normalized spacial score (nSPS) is 11.3. The molecule has 4 nitrogen and oxygen atoms in total. The molecule has 0 spiro atoms. The van der Waals surface area contributed by atoms with Crippen molar-refractivity contribution >= 4 is 15.7 Å². The Morgan fingerprint density at radius 3 is 2.53 bits per heavy atom. The highest BCUT2D eigenvalue weighted by atomic mass is 32.2. The van der Waals surface area contributed by atoms with Crippen LogP contribution >= 0.6 is 0 Å². The highest BCUT2D eigenvalue weighted by molar-refractivity contribution is 7.92. The SMILES string of the molecule is CCCCS(=O)(=O)Nc1ccccc1[O]. The number of nitrogens with one attached hydrogen (secondary N) is 1. The second kappa shape index (κ2) is 5.02. The molecule has 0 saturated heterocycles. The summed E-state index contributed by atoms with van der Waals surface area (Å²) in [6.07, 6.45) is 1.40. The molecule has 0 saturated carbocycles. The standard InChI is InChI=1S/C10H14NO3S/c1-2-3-8-15(13,14)11-9-6-4-5-7-10(9)12/h4-7,11H,2-3,8H2,1H3. The van der Waals surface area contributed by atoms with Gasteiger partial charge in [-0.3, -0.25) is 9.83 Å². The predicted molar refractivity (Wildman–Crippen MR) is 58.9 cm³/mol. The molecule has 0 heterocycles. The van der Waals surface area contributed by atoms with E-state index in [0.29, 0.717) is 6.42 Å². The summed E-state index contributed by atoms with van der Waals surface area (Å²) in [5, 5.41) is 11.2. The van der Waals surface area contributed by atoms with E-state index in [-0.39, 0.29) is 17.2 Å². The number of rotatable bonds is 5. The predicted octanol–water partition coefficient (Wildman–Crippen LogP) is 2.37. The van der Waals surface area contributed by atoms with Gasteiger partial charge in [-0.2, -0.15) is 0 Å². The largest absolute Gasteiger partial charge is 0.288 e. The van der Waals surface area contributed by atoms with E-state index >= 15 is 0 Å². The first kappa shape index (κ1) is 11.8. The zero-order valence-electron chi connectivity index (χ0n) is 8.56. The van der Waals surface area contributed by atoms with Crippen molar-refractivity contribution in [3.8, 4) is 5.75 Å². The summed E-state index contributed by atoms with van der Waals surface area (Å²) in [4.78, 5) is 0. The first-order chi connectivity index (χ1) is 7.05. The molecule has 1 aromatic rings. The Hall–Kier alpha value is -1.23. The van der Waals surface area contributed by atoms with Crippen molar-refractivity contribution in [3.05, 3.63) is 24.3 Å². The summed E-state index contributed by atoms with van der Waals surface area (Å²) < 4.78 is 25.2. The monoisotopic (exact) mass is 228 g/mol. The fraction of sp³-hybridized carbons (Fsp3) is 0.400. The van der Waals surface area contributed by atoms with E-state index in [0.717, 1.165) is 6.42 Å². The maximum atomic E-state index is 11.5. The van der Waals surface area contributed by atoms with Crippen LogP contribution in [0.25, 0.3) is 0 Å². The summed E-state index contributed by atoms with van der Waals surface area (Å²) in [6.45, 7) is 1.91. The third-order valence-electron chi connectivity index (χ3n) is 1.92. The molecule has 5 heteroatoms. The number of anilines is 1. The zero-order valence-corrected chi connectivity index (χ0v) is 9.38. The van der Waals surface area contributed by atoms with E-state index in [1.807, 2.05) is 6.92 Å². The molecule has 0 aliphatic heterocycles. The van der Waals surface area contributed by atoms with Gasteiger partial charge in [-0.05, 0) is 18.6 Å². The van der Waals surface area contributed by atoms with Gasteiger partial charge in [-0.1, -0.05) is 25.5 Å². The van der Waals surface area contributed by atoms with Crippen LogP contribution in [0.1, 0.15) is 19.8 Å². The summed E-state index contributed by atoms with van der Waals surface area (Å²) in [6, 6.07) is 5.99. The van der Waals surface area contributed by atoms with Crippen LogP contribution in [0.4, 0.5) is 5.69 Å². The molecule has 0 aromatic heterocycles. The van der Waals surface area contributed by atoms with Gasteiger partial charge in [0, 0.05) is 0 Å². The fourth-order valence-corrected chi connectivity index (χ4v) is 2.38. The molecule has 0 unspecified atom stereocenters. The van der Waals surface area contributed by atoms with Gasteiger partial charge in [0.05, 0.1) is 11.4 Å². The van der Waals surface area contributed by atoms with Gasteiger partial charge in [-0.15, -0.1) is 0 Å². The lowest BCUT2D eigenvalue weighted by molar-refractivity contribution is 0.357. The second-order valence-electron chi connectivity index (χ2n) is 3.27. The lowest BCUT2D eigenvalue weighted by atomic mass is 10.3. The second-order valence-corrected chi connectivity index (χ2v) is 5.11. The minimum absolute atomic E-state index is 0.0534. The van der Waals surface area contributed by atoms with Crippen LogP contribution in [0, 0.1) is 0 Å². The summed E-state index contributed by atoms with van der Waals surface area (Å²) in [5.74, 6) is -0.254. The van der Waals surface area contributed by atoms with E-state index in [2.05, 4.69) is 4.72 Å². The number of hydrogen-bond acceptors (Lipinski definition) is 2. The zero-order chi connectivity index (χ0) is 11.3. The minimum Gasteiger partial charge on any atom is -0.288 e. The van der Waals surface area contributed by atoms with Crippen molar-refractivity contribution in [1.82, 2.24) is 0 Å². The first-order valence-electron chi connectivity index (χ1n) is 4.81. The Labute approximate surface area is 90.0 Å². The molecule has 0 aliphatic rings. The Morgan fingerprint density at radius 1 is 1.27 bits per heavy atom. The van der Waals surface area contributed by atoms with E-state index in [1.165, 1.54) is 12.1 Å². The quantitative estimate of drug-likeness (QED) is 0.840. The van der Waals surface area contributed by atoms with Gasteiger partial charge < -0.3 is 0 Å². The van der Waals surface area contributed by atoms with E-state index in [9.17, 15) is 13.5 Å². The van der Waals surface area contributed by atoms with Crippen LogP contribution < -0.4 is 4.72 Å². The highest BCUT2D eigenvalue weighted by Gasteiger charge is 2.12. The molecule has 0 fully saturated rings. The van der Waals surface area contributed by atoms with Gasteiger partial charge >= 0.3 is 0 Å². The van der Waals surface area contributed by atoms with Crippen LogP contribution in [0.3, 0.4) is 0 Å². The van der Waals surface area contributed by atoms with Gasteiger partial charge in [0.15, 0.2) is 0 Å². The Balaban J connectivity index is 2.74. The van der Waals surface area contributed by atoms with Gasteiger partial charge in [0.25, 0.3) is 0 Å². The lowest BCUT2D eigenvalue weighted by Gasteiger charge is -2.07. The van der Waals surface area contributed by atoms with Crippen molar-refractivity contribution in [3.63, 3.8) is 0 Å². The van der Waals surface area contributed by atoms with Crippen LogP contribution in [-0.4, -0.2) is 14.2 Å². The van der Waals surface area contributed by atoms with Crippen molar-refractivity contribution in [2.75, 3.05) is 10.5 Å². The molecule has 0 amide bonds. The van der Waals surface area contributed by atoms with Crippen LogP contribution in [0.2, 0.25) is 0 Å². The molecule has 0 atom stereocenters. The van der Waals surface area contributed by atoms with E-state index in [4.69, 9.17) is 0 Å². The van der Waals surface area contributed by atoms with Crippen molar-refractivity contribution in [2.24, 2.45) is 0 Å². The van der Waals surface area contributed by atoms with Gasteiger partial charge in [0.1, 0.15) is 0 Å². The maximum Gasteiger partial charge on any atom is 0.232 e. The molecule has 1 radical (unpaired) electrons. The Bertz CT molecular complexity index is 414. The first-order valence-corrected chi connectivity index (χ1v) is 6.47. The van der Waals surface area contributed by atoms with Crippen molar-refractivity contribution in [1.29, 1.82) is 0 Å². The van der Waals surface area contributed by atoms with Crippen LogP contribution in [0.5, 0.6) is 5.75 Å². The molecule has 1 rings (SSSR count). The summed E-state index contributed by atoms with van der Waals surface area (Å²) in [7, 11) is -3.37. The number of unbranched alkanes of at least 4 members (excludes halogenated alkanes) is 1. The highest BCUT2D eigenvalue weighted by Crippen LogP contribution is 2.23. The lowest BCUT2D eigenvalue weighted by Crippen LogP contribution is -2.16. The number of hydrogen-bond donors (Lipinski definition) is 1. The number of para-hydroxylation sites is 2. The number of sulfonamides is 1. The molecule has 0 bridgehead atoms. The molecule has 15 heavy (non-hydrogen) atoms. The van der Waals surface area contributed by atoms with E-state index in [1.54, 1.807) is 12.1 Å². The van der Waals surface area contributed by atoms with Gasteiger partial charge in [-0.25, -0.2) is 8.42 Å². The molecule has 1 N–H and O–H groups in total. The average molecular weight is 228 g/mol. The number of benzene rings is 1.